The molecule has 7 heteroatoms. The van der Waals surface area contributed by atoms with Gasteiger partial charge in [0.25, 0.3) is 0 Å². The lowest BCUT2D eigenvalue weighted by Gasteiger charge is -2.11. The summed E-state index contributed by atoms with van der Waals surface area (Å²) in [6.45, 7) is 8.41. The fourth-order valence-electron chi connectivity index (χ4n) is 2.09. The lowest BCUT2D eigenvalue weighted by molar-refractivity contribution is -0.140. The number of methoxy groups -OCH3 is 1. The minimum absolute atomic E-state index is 0.136. The van der Waals surface area contributed by atoms with Gasteiger partial charge in [-0.25, -0.2) is 9.98 Å². The number of hydrogen-bond acceptors (Lipinski definition) is 5. The van der Waals surface area contributed by atoms with Crippen molar-refractivity contribution in [2.24, 2.45) is 4.99 Å². The second-order valence-corrected chi connectivity index (χ2v) is 6.54. The Balaban J connectivity index is 2.32. The van der Waals surface area contributed by atoms with Crippen LogP contribution < -0.4 is 10.6 Å². The summed E-state index contributed by atoms with van der Waals surface area (Å²) in [4.78, 5) is 21.3. The van der Waals surface area contributed by atoms with Gasteiger partial charge in [0, 0.05) is 24.4 Å². The van der Waals surface area contributed by atoms with Crippen LogP contribution in [-0.2, 0) is 16.1 Å². The third kappa shape index (κ3) is 7.97. The summed E-state index contributed by atoms with van der Waals surface area (Å²) in [5.41, 5.74) is 1.06. The molecule has 0 fully saturated rings. The molecular formula is C16H28N4O2S. The second-order valence-electron chi connectivity index (χ2n) is 5.25. The molecule has 130 valence electrons. The first-order chi connectivity index (χ1) is 11.1. The fraction of sp³-hybridized carbons (Fsp3) is 0.688. The zero-order chi connectivity index (χ0) is 17.1. The topological polar surface area (TPSA) is 75.6 Å². The van der Waals surface area contributed by atoms with Gasteiger partial charge in [0.1, 0.15) is 0 Å². The Morgan fingerprint density at radius 2 is 2.04 bits per heavy atom. The zero-order valence-corrected chi connectivity index (χ0v) is 15.4. The van der Waals surface area contributed by atoms with Crippen molar-refractivity contribution in [1.82, 2.24) is 15.6 Å². The first-order valence-electron chi connectivity index (χ1n) is 8.08. The first-order valence-corrected chi connectivity index (χ1v) is 8.90. The number of esters is 1. The van der Waals surface area contributed by atoms with E-state index < -0.39 is 0 Å². The molecule has 0 saturated heterocycles. The van der Waals surface area contributed by atoms with Gasteiger partial charge in [-0.15, -0.1) is 11.3 Å². The molecule has 0 saturated carbocycles. The van der Waals surface area contributed by atoms with Crippen LogP contribution in [0.15, 0.2) is 4.99 Å². The molecule has 0 aliphatic rings. The Hall–Kier alpha value is -1.63. The van der Waals surface area contributed by atoms with Gasteiger partial charge >= 0.3 is 5.97 Å². The molecule has 23 heavy (non-hydrogen) atoms. The SMILES string of the molecule is CCNC(=NCc1sc(C)nc1C)NCCCCCC(=O)OC. The van der Waals surface area contributed by atoms with Gasteiger partial charge in [-0.1, -0.05) is 6.42 Å². The third-order valence-electron chi connectivity index (χ3n) is 3.30. The molecular weight excluding hydrogens is 312 g/mol. The molecule has 6 nitrogen and oxygen atoms in total. The molecule has 1 heterocycles. The van der Waals surface area contributed by atoms with Crippen molar-refractivity contribution in [3.63, 3.8) is 0 Å². The molecule has 0 amide bonds. The van der Waals surface area contributed by atoms with Crippen molar-refractivity contribution < 1.29 is 9.53 Å². The molecule has 1 aromatic heterocycles. The van der Waals surface area contributed by atoms with E-state index in [9.17, 15) is 4.79 Å². The Kier molecular flexibility index (Phi) is 9.28. The van der Waals surface area contributed by atoms with Gasteiger partial charge in [0.2, 0.25) is 0 Å². The molecule has 0 radical (unpaired) electrons. The molecule has 0 aliphatic heterocycles. The van der Waals surface area contributed by atoms with E-state index in [1.165, 1.54) is 12.0 Å². The normalized spacial score (nSPS) is 11.4. The van der Waals surface area contributed by atoms with Crippen molar-refractivity contribution in [2.75, 3.05) is 20.2 Å². The van der Waals surface area contributed by atoms with E-state index in [0.717, 1.165) is 49.0 Å². The van der Waals surface area contributed by atoms with Gasteiger partial charge < -0.3 is 15.4 Å². The van der Waals surface area contributed by atoms with Crippen molar-refractivity contribution in [3.05, 3.63) is 15.6 Å². The molecule has 0 unspecified atom stereocenters. The van der Waals surface area contributed by atoms with Gasteiger partial charge in [0.15, 0.2) is 5.96 Å². The highest BCUT2D eigenvalue weighted by Gasteiger charge is 2.05. The number of aromatic nitrogens is 1. The number of carbonyl (C=O) groups is 1. The first kappa shape index (κ1) is 19.4. The average Bonchev–Trinajstić information content (AvgIpc) is 2.85. The lowest BCUT2D eigenvalue weighted by Crippen LogP contribution is -2.37. The molecule has 1 rings (SSSR count). The van der Waals surface area contributed by atoms with Crippen LogP contribution in [0.1, 0.15) is 48.2 Å². The highest BCUT2D eigenvalue weighted by atomic mass is 32.1. The number of guanidine groups is 1. The Labute approximate surface area is 142 Å². The van der Waals surface area contributed by atoms with Crippen LogP contribution in [0.3, 0.4) is 0 Å². The smallest absolute Gasteiger partial charge is 0.305 e. The number of unbranched alkanes of at least 4 members (excludes halogenated alkanes) is 2. The molecule has 2 N–H and O–H groups in total. The number of ether oxygens (including phenoxy) is 1. The number of nitrogens with one attached hydrogen (secondary N) is 2. The van der Waals surface area contributed by atoms with Crippen molar-refractivity contribution in [2.45, 2.75) is 53.0 Å². The van der Waals surface area contributed by atoms with E-state index in [2.05, 4.69) is 32.3 Å². The third-order valence-corrected chi connectivity index (χ3v) is 4.36. The monoisotopic (exact) mass is 340 g/mol. The summed E-state index contributed by atoms with van der Waals surface area (Å²) in [5, 5.41) is 7.65. The van der Waals surface area contributed by atoms with E-state index in [-0.39, 0.29) is 5.97 Å². The number of hydrogen-bond donors (Lipinski definition) is 2. The summed E-state index contributed by atoms with van der Waals surface area (Å²) < 4.78 is 4.62. The van der Waals surface area contributed by atoms with Gasteiger partial charge in [-0.05, 0) is 33.6 Å². The highest BCUT2D eigenvalue weighted by Crippen LogP contribution is 2.17. The van der Waals surface area contributed by atoms with E-state index in [1.54, 1.807) is 11.3 Å². The summed E-state index contributed by atoms with van der Waals surface area (Å²) in [6.07, 6.45) is 3.35. The maximum atomic E-state index is 11.0. The zero-order valence-electron chi connectivity index (χ0n) is 14.6. The maximum Gasteiger partial charge on any atom is 0.305 e. The van der Waals surface area contributed by atoms with Crippen LogP contribution in [0, 0.1) is 13.8 Å². The van der Waals surface area contributed by atoms with Crippen molar-refractivity contribution in [3.8, 4) is 0 Å². The molecule has 0 aromatic carbocycles. The standard InChI is InChI=1S/C16H28N4O2S/c1-5-17-16(18-10-8-6-7-9-15(21)22-4)19-11-14-12(2)20-13(3)23-14/h5-11H2,1-4H3,(H2,17,18,19). The number of aryl methyl sites for hydroxylation is 2. The Morgan fingerprint density at radius 1 is 1.26 bits per heavy atom. The summed E-state index contributed by atoms with van der Waals surface area (Å²) in [5.74, 6) is 0.689. The summed E-state index contributed by atoms with van der Waals surface area (Å²) in [6, 6.07) is 0. The number of rotatable bonds is 9. The highest BCUT2D eigenvalue weighted by molar-refractivity contribution is 7.11. The number of carbonyl (C=O) groups excluding carboxylic acids is 1. The van der Waals surface area contributed by atoms with Crippen LogP contribution in [0.25, 0.3) is 0 Å². The van der Waals surface area contributed by atoms with Gasteiger partial charge in [-0.3, -0.25) is 4.79 Å². The van der Waals surface area contributed by atoms with Crippen LogP contribution in [0.5, 0.6) is 0 Å². The van der Waals surface area contributed by atoms with Crippen LogP contribution >= 0.6 is 11.3 Å². The summed E-state index contributed by atoms with van der Waals surface area (Å²) >= 11 is 1.70. The van der Waals surface area contributed by atoms with Gasteiger partial charge in [0.05, 0.1) is 24.4 Å². The maximum absolute atomic E-state index is 11.0. The number of nitrogens with zero attached hydrogens (tertiary/aromatic N) is 2. The molecule has 0 atom stereocenters. The van der Waals surface area contributed by atoms with Crippen molar-refractivity contribution in [1.29, 1.82) is 0 Å². The minimum Gasteiger partial charge on any atom is -0.469 e. The van der Waals surface area contributed by atoms with E-state index >= 15 is 0 Å². The van der Waals surface area contributed by atoms with Gasteiger partial charge in [-0.2, -0.15) is 0 Å². The number of aliphatic imine (C=N–C) groups is 1. The predicted molar refractivity (Wildman–Crippen MR) is 94.9 cm³/mol. The number of thiazole rings is 1. The largest absolute Gasteiger partial charge is 0.469 e. The average molecular weight is 340 g/mol. The van der Waals surface area contributed by atoms with E-state index in [1.807, 2.05) is 13.8 Å². The van der Waals surface area contributed by atoms with Crippen LogP contribution in [0.2, 0.25) is 0 Å². The summed E-state index contributed by atoms with van der Waals surface area (Å²) in [7, 11) is 1.43. The van der Waals surface area contributed by atoms with E-state index in [4.69, 9.17) is 0 Å². The van der Waals surface area contributed by atoms with Crippen LogP contribution in [0.4, 0.5) is 0 Å². The van der Waals surface area contributed by atoms with E-state index in [0.29, 0.717) is 13.0 Å². The fourth-order valence-corrected chi connectivity index (χ4v) is 2.95. The van der Waals surface area contributed by atoms with Crippen LogP contribution in [-0.4, -0.2) is 37.1 Å². The lowest BCUT2D eigenvalue weighted by atomic mass is 10.2. The Morgan fingerprint density at radius 3 is 2.65 bits per heavy atom. The molecule has 1 aromatic rings. The quantitative estimate of drug-likeness (QED) is 0.313. The Bertz CT molecular complexity index is 514. The molecule has 0 spiro atoms. The molecule has 0 bridgehead atoms. The van der Waals surface area contributed by atoms with Crippen molar-refractivity contribution >= 4 is 23.3 Å². The predicted octanol–water partition coefficient (Wildman–Crippen LogP) is 2.55. The minimum atomic E-state index is -0.136. The molecule has 0 aliphatic carbocycles. The second kappa shape index (κ2) is 11.0.